The van der Waals surface area contributed by atoms with Gasteiger partial charge >= 0.3 is 5.97 Å². The summed E-state index contributed by atoms with van der Waals surface area (Å²) in [5, 5.41) is 38.1. The Kier molecular flexibility index (Phi) is 4.69. The summed E-state index contributed by atoms with van der Waals surface area (Å²) in [6.45, 7) is -0.575. The van der Waals surface area contributed by atoms with Crippen molar-refractivity contribution >= 4 is 5.97 Å². The zero-order chi connectivity index (χ0) is 14.7. The summed E-state index contributed by atoms with van der Waals surface area (Å²) < 4.78 is 9.85. The normalized spacial score (nSPS) is 33.7. The number of hydrogen-bond acceptors (Lipinski definition) is 7. The lowest BCUT2D eigenvalue weighted by molar-refractivity contribution is -0.285. The molecule has 0 radical (unpaired) electrons. The fraction of sp³-hybridized carbons (Fsp3) is 0.462. The second-order valence-corrected chi connectivity index (χ2v) is 4.46. The van der Waals surface area contributed by atoms with Gasteiger partial charge in [0.15, 0.2) is 12.4 Å². The number of rotatable bonds is 3. The molecule has 7 heteroatoms. The topological polar surface area (TPSA) is 116 Å². The third-order valence-electron chi connectivity index (χ3n) is 3.10. The van der Waals surface area contributed by atoms with Crippen LogP contribution in [0.25, 0.3) is 0 Å². The van der Waals surface area contributed by atoms with Crippen LogP contribution in [0.5, 0.6) is 0 Å². The molecule has 5 atom stereocenters. The van der Waals surface area contributed by atoms with Crippen molar-refractivity contribution in [3.8, 4) is 0 Å². The molecule has 0 bridgehead atoms. The van der Waals surface area contributed by atoms with E-state index in [-0.39, 0.29) is 5.56 Å². The van der Waals surface area contributed by atoms with Gasteiger partial charge in [0.2, 0.25) is 0 Å². The molecule has 2 rings (SSSR count). The van der Waals surface area contributed by atoms with Crippen LogP contribution in [0.2, 0.25) is 0 Å². The second kappa shape index (κ2) is 6.29. The van der Waals surface area contributed by atoms with E-state index in [2.05, 4.69) is 0 Å². The molecule has 0 unspecified atom stereocenters. The summed E-state index contributed by atoms with van der Waals surface area (Å²) in [6, 6.07) is 8.02. The van der Waals surface area contributed by atoms with Crippen LogP contribution in [0.1, 0.15) is 10.4 Å². The van der Waals surface area contributed by atoms with Gasteiger partial charge in [-0.3, -0.25) is 0 Å². The highest BCUT2D eigenvalue weighted by atomic mass is 16.7. The van der Waals surface area contributed by atoms with Crippen molar-refractivity contribution in [2.45, 2.75) is 30.7 Å². The number of hydrogen-bond donors (Lipinski definition) is 4. The highest BCUT2D eigenvalue weighted by Gasteiger charge is 2.45. The van der Waals surface area contributed by atoms with Gasteiger partial charge in [0.25, 0.3) is 0 Å². The van der Waals surface area contributed by atoms with Crippen LogP contribution >= 0.6 is 0 Å². The summed E-state index contributed by atoms with van der Waals surface area (Å²) in [5.74, 6) is -0.757. The molecule has 0 aromatic heterocycles. The van der Waals surface area contributed by atoms with Gasteiger partial charge < -0.3 is 29.9 Å². The minimum atomic E-state index is -1.63. The van der Waals surface area contributed by atoms with Crippen LogP contribution in [0.4, 0.5) is 0 Å². The van der Waals surface area contributed by atoms with Gasteiger partial charge in [-0.2, -0.15) is 0 Å². The monoisotopic (exact) mass is 284 g/mol. The molecule has 20 heavy (non-hydrogen) atoms. The van der Waals surface area contributed by atoms with Gasteiger partial charge in [-0.1, -0.05) is 18.2 Å². The smallest absolute Gasteiger partial charge is 0.338 e. The van der Waals surface area contributed by atoms with E-state index in [1.165, 1.54) is 12.1 Å². The first-order chi connectivity index (χ1) is 9.54. The van der Waals surface area contributed by atoms with Crippen molar-refractivity contribution in [2.75, 3.05) is 6.61 Å². The van der Waals surface area contributed by atoms with Crippen molar-refractivity contribution in [3.05, 3.63) is 35.9 Å². The largest absolute Gasteiger partial charge is 0.450 e. The number of aliphatic hydroxyl groups is 4. The molecule has 1 aromatic carbocycles. The molecule has 1 heterocycles. The molecule has 0 aliphatic carbocycles. The number of benzene rings is 1. The van der Waals surface area contributed by atoms with Crippen molar-refractivity contribution in [3.63, 3.8) is 0 Å². The van der Waals surface area contributed by atoms with Gasteiger partial charge in [-0.25, -0.2) is 4.79 Å². The lowest BCUT2D eigenvalue weighted by atomic mass is 9.99. The average molecular weight is 284 g/mol. The fourth-order valence-corrected chi connectivity index (χ4v) is 1.96. The molecule has 1 aliphatic rings. The Morgan fingerprint density at radius 3 is 2.40 bits per heavy atom. The lowest BCUT2D eigenvalue weighted by Crippen LogP contribution is -2.59. The Morgan fingerprint density at radius 1 is 1.15 bits per heavy atom. The maximum absolute atomic E-state index is 11.8. The Balaban J connectivity index is 2.07. The maximum Gasteiger partial charge on any atom is 0.338 e. The Bertz CT molecular complexity index is 449. The molecule has 110 valence electrons. The summed E-state index contributed by atoms with van der Waals surface area (Å²) in [6.07, 6.45) is -7.20. The minimum absolute atomic E-state index is 0.241. The number of aliphatic hydroxyl groups excluding tert-OH is 4. The maximum atomic E-state index is 11.8. The Hall–Kier alpha value is -1.51. The first-order valence-corrected chi connectivity index (χ1v) is 6.11. The molecule has 7 nitrogen and oxygen atoms in total. The van der Waals surface area contributed by atoms with Crippen LogP contribution in [-0.4, -0.2) is 63.7 Å². The first-order valence-electron chi connectivity index (χ1n) is 6.11. The molecule has 1 aromatic rings. The Morgan fingerprint density at radius 2 is 1.80 bits per heavy atom. The zero-order valence-electron chi connectivity index (χ0n) is 10.5. The highest BCUT2D eigenvalue weighted by molar-refractivity contribution is 5.89. The number of carbonyl (C=O) groups excluding carboxylic acids is 1. The van der Waals surface area contributed by atoms with Crippen molar-refractivity contribution < 1.29 is 34.7 Å². The summed E-state index contributed by atoms with van der Waals surface area (Å²) in [4.78, 5) is 11.8. The summed E-state index contributed by atoms with van der Waals surface area (Å²) in [5.41, 5.74) is 0.241. The van der Waals surface area contributed by atoms with E-state index < -0.39 is 43.3 Å². The number of ether oxygens (including phenoxy) is 2. The molecular weight excluding hydrogens is 268 g/mol. The fourth-order valence-electron chi connectivity index (χ4n) is 1.96. The van der Waals surface area contributed by atoms with Crippen molar-refractivity contribution in [1.82, 2.24) is 0 Å². The number of carbonyl (C=O) groups is 1. The van der Waals surface area contributed by atoms with Gasteiger partial charge in [0.05, 0.1) is 12.2 Å². The summed E-state index contributed by atoms with van der Waals surface area (Å²) in [7, 11) is 0. The zero-order valence-corrected chi connectivity index (χ0v) is 10.5. The summed E-state index contributed by atoms with van der Waals surface area (Å²) >= 11 is 0. The number of esters is 1. The van der Waals surface area contributed by atoms with Crippen LogP contribution in [-0.2, 0) is 9.47 Å². The molecule has 1 saturated heterocycles. The molecular formula is C13H16O7. The van der Waals surface area contributed by atoms with Gasteiger partial charge in [-0.05, 0) is 12.1 Å². The van der Waals surface area contributed by atoms with E-state index in [4.69, 9.17) is 14.6 Å². The van der Waals surface area contributed by atoms with E-state index in [0.717, 1.165) is 0 Å². The minimum Gasteiger partial charge on any atom is -0.450 e. The third kappa shape index (κ3) is 2.97. The quantitative estimate of drug-likeness (QED) is 0.507. The van der Waals surface area contributed by atoms with Crippen LogP contribution < -0.4 is 0 Å². The average Bonchev–Trinajstić information content (AvgIpc) is 2.48. The van der Waals surface area contributed by atoms with E-state index in [0.29, 0.717) is 0 Å². The molecule has 1 fully saturated rings. The van der Waals surface area contributed by atoms with E-state index >= 15 is 0 Å². The molecule has 0 amide bonds. The SMILES string of the molecule is O=C(O[C@@H]1[C@@H](O)[C@H](O)[C@@H](CO)O[C@@H]1O)c1ccccc1. The third-order valence-corrected chi connectivity index (χ3v) is 3.10. The van der Waals surface area contributed by atoms with E-state index in [1.54, 1.807) is 18.2 Å². The predicted octanol–water partition coefficient (Wildman–Crippen LogP) is -1.36. The lowest BCUT2D eigenvalue weighted by Gasteiger charge is -2.39. The molecule has 1 aliphatic heterocycles. The van der Waals surface area contributed by atoms with E-state index in [1.807, 2.05) is 0 Å². The molecule has 0 saturated carbocycles. The molecule has 4 N–H and O–H groups in total. The van der Waals surface area contributed by atoms with Crippen LogP contribution in [0, 0.1) is 0 Å². The second-order valence-electron chi connectivity index (χ2n) is 4.46. The highest BCUT2D eigenvalue weighted by Crippen LogP contribution is 2.23. The van der Waals surface area contributed by atoms with Gasteiger partial charge in [0.1, 0.15) is 18.3 Å². The van der Waals surface area contributed by atoms with Crippen LogP contribution in [0.3, 0.4) is 0 Å². The predicted molar refractivity (Wildman–Crippen MR) is 65.6 cm³/mol. The van der Waals surface area contributed by atoms with Crippen molar-refractivity contribution in [1.29, 1.82) is 0 Å². The molecule has 0 spiro atoms. The van der Waals surface area contributed by atoms with Gasteiger partial charge in [0, 0.05) is 0 Å². The standard InChI is InChI=1S/C13H16O7/c14-6-8-9(15)10(16)11(13(18)19-8)20-12(17)7-4-2-1-3-5-7/h1-5,8-11,13-16,18H,6H2/t8-,9-,10+,11-,13+/m1/s1. The Labute approximate surface area is 115 Å². The van der Waals surface area contributed by atoms with Gasteiger partial charge in [-0.15, -0.1) is 0 Å². The first kappa shape index (κ1) is 14.9. The van der Waals surface area contributed by atoms with Crippen molar-refractivity contribution in [2.24, 2.45) is 0 Å². The van der Waals surface area contributed by atoms with E-state index in [9.17, 15) is 20.1 Å². The van der Waals surface area contributed by atoms with Crippen LogP contribution in [0.15, 0.2) is 30.3 Å².